The molecule has 88 valence electrons. The van der Waals surface area contributed by atoms with Gasteiger partial charge in [0, 0.05) is 18.9 Å². The van der Waals surface area contributed by atoms with E-state index in [4.69, 9.17) is 5.73 Å². The van der Waals surface area contributed by atoms with Crippen LogP contribution in [0, 0.1) is 0 Å². The minimum absolute atomic E-state index is 0.0595. The highest BCUT2D eigenvalue weighted by Crippen LogP contribution is 2.31. The van der Waals surface area contributed by atoms with Gasteiger partial charge in [0.1, 0.15) is 0 Å². The van der Waals surface area contributed by atoms with Gasteiger partial charge in [0.25, 0.3) is 0 Å². The van der Waals surface area contributed by atoms with Crippen LogP contribution < -0.4 is 5.73 Å². The third-order valence-electron chi connectivity index (χ3n) is 2.33. The molecular formula is C8H12F3NO3. The predicted molar refractivity (Wildman–Crippen MR) is 43.5 cm³/mol. The van der Waals surface area contributed by atoms with E-state index in [1.807, 2.05) is 0 Å². The molecule has 0 bridgehead atoms. The van der Waals surface area contributed by atoms with E-state index >= 15 is 0 Å². The number of halogens is 3. The molecule has 1 saturated carbocycles. The van der Waals surface area contributed by atoms with E-state index in [1.165, 1.54) is 0 Å². The summed E-state index contributed by atoms with van der Waals surface area (Å²) in [5.41, 5.74) is 5.50. The number of carbonyl (C=O) groups is 1. The Labute approximate surface area is 84.2 Å². The fourth-order valence-corrected chi connectivity index (χ4v) is 1.42. The summed E-state index contributed by atoms with van der Waals surface area (Å²) in [5.74, 6) is -4.37. The van der Waals surface area contributed by atoms with Gasteiger partial charge in [-0.15, -0.1) is 0 Å². The Bertz CT molecular complexity index is 246. The number of carbonyl (C=O) groups excluding carboxylic acids is 1. The zero-order valence-electron chi connectivity index (χ0n) is 7.88. The van der Waals surface area contributed by atoms with Gasteiger partial charge in [0.2, 0.25) is 5.79 Å². The van der Waals surface area contributed by atoms with Crippen molar-refractivity contribution in [2.45, 2.75) is 43.7 Å². The first-order chi connectivity index (χ1) is 6.73. The average molecular weight is 227 g/mol. The second kappa shape index (κ2) is 3.97. The lowest BCUT2D eigenvalue weighted by molar-refractivity contribution is -0.255. The first-order valence-corrected chi connectivity index (χ1v) is 4.51. The van der Waals surface area contributed by atoms with Gasteiger partial charge < -0.3 is 15.6 Å². The summed E-state index contributed by atoms with van der Waals surface area (Å²) >= 11 is 0. The molecule has 0 radical (unpaired) electrons. The number of alkyl halides is 3. The fourth-order valence-electron chi connectivity index (χ4n) is 1.42. The first kappa shape index (κ1) is 12.3. The molecule has 0 unspecified atom stereocenters. The molecule has 1 fully saturated rings. The van der Waals surface area contributed by atoms with E-state index in [9.17, 15) is 23.1 Å². The van der Waals surface area contributed by atoms with Crippen LogP contribution in [0.4, 0.5) is 13.2 Å². The molecule has 15 heavy (non-hydrogen) atoms. The van der Waals surface area contributed by atoms with E-state index in [2.05, 4.69) is 4.74 Å². The van der Waals surface area contributed by atoms with Crippen molar-refractivity contribution in [3.05, 3.63) is 0 Å². The van der Waals surface area contributed by atoms with Crippen LogP contribution in [-0.2, 0) is 9.53 Å². The van der Waals surface area contributed by atoms with Gasteiger partial charge in [-0.2, -0.15) is 13.2 Å². The Hall–Kier alpha value is -0.820. The second-order valence-corrected chi connectivity index (χ2v) is 3.67. The Morgan fingerprint density at radius 1 is 1.40 bits per heavy atom. The highest BCUT2D eigenvalue weighted by atomic mass is 19.4. The molecule has 0 aliphatic heterocycles. The molecule has 1 aliphatic rings. The smallest absolute Gasteiger partial charge is 0.427 e. The monoisotopic (exact) mass is 227 g/mol. The van der Waals surface area contributed by atoms with Crippen molar-refractivity contribution < 1.29 is 27.8 Å². The molecule has 0 aromatic carbocycles. The van der Waals surface area contributed by atoms with Crippen LogP contribution in [0.5, 0.6) is 0 Å². The number of hydrogen-bond acceptors (Lipinski definition) is 4. The Balaban J connectivity index is 2.54. The summed E-state index contributed by atoms with van der Waals surface area (Å²) in [4.78, 5) is 10.5. The Morgan fingerprint density at radius 3 is 2.27 bits per heavy atom. The van der Waals surface area contributed by atoms with Crippen molar-refractivity contribution in [1.29, 1.82) is 0 Å². The number of esters is 1. The first-order valence-electron chi connectivity index (χ1n) is 4.51. The lowest BCUT2D eigenvalue weighted by Crippen LogP contribution is -2.44. The molecule has 0 atom stereocenters. The van der Waals surface area contributed by atoms with Gasteiger partial charge in [-0.1, -0.05) is 0 Å². The van der Waals surface area contributed by atoms with E-state index in [0.29, 0.717) is 12.8 Å². The highest BCUT2D eigenvalue weighted by Gasteiger charge is 2.46. The average Bonchev–Trinajstić information content (AvgIpc) is 2.09. The van der Waals surface area contributed by atoms with Crippen molar-refractivity contribution in [3.63, 3.8) is 0 Å². The van der Waals surface area contributed by atoms with Gasteiger partial charge in [-0.25, -0.2) is 4.79 Å². The van der Waals surface area contributed by atoms with Crippen LogP contribution in [0.3, 0.4) is 0 Å². The molecule has 0 amide bonds. The zero-order chi connectivity index (χ0) is 11.7. The third-order valence-corrected chi connectivity index (χ3v) is 2.33. The maximum absolute atomic E-state index is 11.8. The molecule has 7 heteroatoms. The minimum Gasteiger partial charge on any atom is -0.427 e. The number of nitrogens with two attached hydrogens (primary N) is 1. The van der Waals surface area contributed by atoms with Crippen LogP contribution in [0.2, 0.25) is 0 Å². The molecule has 1 aliphatic carbocycles. The number of hydrogen-bond donors (Lipinski definition) is 2. The molecule has 0 aromatic heterocycles. The number of rotatable bonds is 1. The third kappa shape index (κ3) is 3.35. The van der Waals surface area contributed by atoms with Crippen LogP contribution in [-0.4, -0.2) is 29.1 Å². The van der Waals surface area contributed by atoms with Crippen LogP contribution in [0.25, 0.3) is 0 Å². The van der Waals surface area contributed by atoms with Crippen molar-refractivity contribution in [3.8, 4) is 0 Å². The summed E-state index contributed by atoms with van der Waals surface area (Å²) in [5, 5.41) is 9.52. The molecule has 0 saturated heterocycles. The van der Waals surface area contributed by atoms with Crippen molar-refractivity contribution >= 4 is 5.97 Å². The molecular weight excluding hydrogens is 215 g/mol. The quantitative estimate of drug-likeness (QED) is 0.510. The summed E-state index contributed by atoms with van der Waals surface area (Å²) < 4.78 is 39.5. The van der Waals surface area contributed by atoms with Gasteiger partial charge >= 0.3 is 12.1 Å². The van der Waals surface area contributed by atoms with Gasteiger partial charge in [-0.05, 0) is 12.8 Å². The molecule has 0 aromatic rings. The molecule has 1 rings (SSSR count). The Morgan fingerprint density at radius 2 is 1.87 bits per heavy atom. The minimum atomic E-state index is -5.07. The summed E-state index contributed by atoms with van der Waals surface area (Å²) in [6, 6.07) is -0.158. The number of ether oxygens (including phenoxy) is 1. The van der Waals surface area contributed by atoms with E-state index in [0.717, 1.165) is 0 Å². The molecule has 3 N–H and O–H groups in total. The SMILES string of the molecule is NC1CCC(O)(OC(=O)C(F)(F)F)CC1. The van der Waals surface area contributed by atoms with E-state index < -0.39 is 17.9 Å². The molecule has 0 spiro atoms. The fraction of sp³-hybridized carbons (Fsp3) is 0.875. The molecule has 0 heterocycles. The predicted octanol–water partition coefficient (Wildman–Crippen LogP) is 0.682. The summed E-state index contributed by atoms with van der Waals surface area (Å²) in [7, 11) is 0. The standard InChI is InChI=1S/C8H12F3NO3/c9-8(10,11)6(13)15-7(14)3-1-5(12)2-4-7/h5,14H,1-4,12H2. The lowest BCUT2D eigenvalue weighted by Gasteiger charge is -2.33. The summed E-state index contributed by atoms with van der Waals surface area (Å²) in [6.45, 7) is 0. The number of aliphatic hydroxyl groups is 1. The lowest BCUT2D eigenvalue weighted by atomic mass is 9.91. The summed E-state index contributed by atoms with van der Waals surface area (Å²) in [6.07, 6.45) is -4.52. The van der Waals surface area contributed by atoms with Crippen molar-refractivity contribution in [2.24, 2.45) is 5.73 Å². The van der Waals surface area contributed by atoms with Crippen LogP contribution in [0.1, 0.15) is 25.7 Å². The van der Waals surface area contributed by atoms with E-state index in [-0.39, 0.29) is 18.9 Å². The molecule has 4 nitrogen and oxygen atoms in total. The second-order valence-electron chi connectivity index (χ2n) is 3.67. The normalized spacial score (nSPS) is 32.5. The maximum Gasteiger partial charge on any atom is 0.491 e. The van der Waals surface area contributed by atoms with Gasteiger partial charge in [0.05, 0.1) is 0 Å². The van der Waals surface area contributed by atoms with Crippen LogP contribution >= 0.6 is 0 Å². The Kier molecular flexibility index (Phi) is 3.25. The van der Waals surface area contributed by atoms with Gasteiger partial charge in [-0.3, -0.25) is 0 Å². The van der Waals surface area contributed by atoms with E-state index in [1.54, 1.807) is 0 Å². The van der Waals surface area contributed by atoms with Crippen molar-refractivity contribution in [1.82, 2.24) is 0 Å². The highest BCUT2D eigenvalue weighted by molar-refractivity contribution is 5.75. The maximum atomic E-state index is 11.8. The largest absolute Gasteiger partial charge is 0.491 e. The zero-order valence-corrected chi connectivity index (χ0v) is 7.88. The van der Waals surface area contributed by atoms with Crippen LogP contribution in [0.15, 0.2) is 0 Å². The van der Waals surface area contributed by atoms with Gasteiger partial charge in [0.15, 0.2) is 0 Å². The topological polar surface area (TPSA) is 72.6 Å². The van der Waals surface area contributed by atoms with Crippen molar-refractivity contribution in [2.75, 3.05) is 0 Å².